The van der Waals surface area contributed by atoms with Crippen LogP contribution in [0.2, 0.25) is 19.6 Å². The summed E-state index contributed by atoms with van der Waals surface area (Å²) in [5, 5.41) is 4.28. The number of pyridine rings is 2. The van der Waals surface area contributed by atoms with E-state index in [1.54, 1.807) is 6.20 Å². The largest absolute Gasteiger partial charge is 0.305 e. The maximum Gasteiger partial charge on any atom is 0.0300 e. The third-order valence-electron chi connectivity index (χ3n) is 6.80. The Morgan fingerprint density at radius 3 is 2.15 bits per heavy atom. The molecule has 5 heteroatoms. The van der Waals surface area contributed by atoms with E-state index in [9.17, 15) is 0 Å². The van der Waals surface area contributed by atoms with E-state index in [2.05, 4.69) is 100.0 Å². The first-order valence-corrected chi connectivity index (χ1v) is 17.7. The van der Waals surface area contributed by atoms with Gasteiger partial charge in [-0.05, 0) is 44.6 Å². The van der Waals surface area contributed by atoms with Crippen molar-refractivity contribution in [2.75, 3.05) is 0 Å². The molecule has 0 bridgehead atoms. The van der Waals surface area contributed by atoms with E-state index in [0.717, 1.165) is 22.5 Å². The quantitative estimate of drug-likeness (QED) is 0.134. The van der Waals surface area contributed by atoms with Crippen LogP contribution in [0.15, 0.2) is 97.3 Å². The minimum atomic E-state index is -1.48. The summed E-state index contributed by atoms with van der Waals surface area (Å²) in [5.74, 6) is 0. The topological polar surface area (TPSA) is 25.8 Å². The molecule has 0 unspecified atom stereocenters. The van der Waals surface area contributed by atoms with Gasteiger partial charge in [0.25, 0.3) is 0 Å². The maximum absolute atomic E-state index is 4.81. The summed E-state index contributed by atoms with van der Waals surface area (Å²) in [4.78, 5) is 9.03. The first-order chi connectivity index (χ1) is 18.6. The zero-order valence-electron chi connectivity index (χ0n) is 23.9. The van der Waals surface area contributed by atoms with Gasteiger partial charge in [0.2, 0.25) is 0 Å². The van der Waals surface area contributed by atoms with Crippen LogP contribution in [-0.2, 0) is 25.5 Å². The number of fused-ring (bicyclic) bond motifs is 3. The van der Waals surface area contributed by atoms with Crippen molar-refractivity contribution in [3.05, 3.63) is 115 Å². The van der Waals surface area contributed by atoms with Gasteiger partial charge in [0, 0.05) is 45.3 Å². The molecule has 205 valence electrons. The summed E-state index contributed by atoms with van der Waals surface area (Å²) in [6.45, 7) is 13.9. The summed E-state index contributed by atoms with van der Waals surface area (Å²) < 4.78 is 2.67. The summed E-state index contributed by atoms with van der Waals surface area (Å²) in [6.07, 6.45) is 3.81. The Balaban J connectivity index is 0.000000238. The summed E-state index contributed by atoms with van der Waals surface area (Å²) >= 11 is 1.87. The SMILES string of the molecule is CC(C)(C)c1ccc(-c2[c-]cc([Si](C)(C)C)c3c2sc2ccccc23)nc1.[Ir].[c-]1ccccc1-c1ccccn1. The Morgan fingerprint density at radius 2 is 1.52 bits per heavy atom. The third-order valence-corrected chi connectivity index (χ3v) is 9.99. The predicted molar refractivity (Wildman–Crippen MR) is 172 cm³/mol. The fourth-order valence-electron chi connectivity index (χ4n) is 4.61. The first-order valence-electron chi connectivity index (χ1n) is 13.3. The molecule has 6 aromatic rings. The zero-order chi connectivity index (χ0) is 27.6. The molecular weight excluding hydrogens is 701 g/mol. The van der Waals surface area contributed by atoms with Gasteiger partial charge >= 0.3 is 0 Å². The van der Waals surface area contributed by atoms with Crippen LogP contribution in [0.3, 0.4) is 0 Å². The van der Waals surface area contributed by atoms with E-state index in [1.807, 2.05) is 60.0 Å². The third kappa shape index (κ3) is 6.50. The van der Waals surface area contributed by atoms with Gasteiger partial charge < -0.3 is 9.97 Å². The van der Waals surface area contributed by atoms with E-state index in [-0.39, 0.29) is 25.5 Å². The second kappa shape index (κ2) is 12.3. The average molecular weight is 735 g/mol. The minimum Gasteiger partial charge on any atom is -0.305 e. The molecule has 0 saturated carbocycles. The number of rotatable bonds is 3. The van der Waals surface area contributed by atoms with E-state index in [1.165, 1.54) is 30.9 Å². The summed E-state index contributed by atoms with van der Waals surface area (Å²) in [6, 6.07) is 35.8. The number of benzene rings is 3. The Labute approximate surface area is 256 Å². The molecule has 6 rings (SSSR count). The Bertz CT molecular complexity index is 1660. The maximum atomic E-state index is 4.81. The van der Waals surface area contributed by atoms with Crippen molar-refractivity contribution in [1.82, 2.24) is 9.97 Å². The molecular formula is C35H34IrN2SSi-2. The fourth-order valence-corrected chi connectivity index (χ4v) is 7.45. The van der Waals surface area contributed by atoms with Crippen molar-refractivity contribution < 1.29 is 20.1 Å². The zero-order valence-corrected chi connectivity index (χ0v) is 28.1. The molecule has 0 aliphatic heterocycles. The van der Waals surface area contributed by atoms with Crippen LogP contribution in [0.25, 0.3) is 42.7 Å². The van der Waals surface area contributed by atoms with Crippen LogP contribution >= 0.6 is 11.3 Å². The van der Waals surface area contributed by atoms with Crippen molar-refractivity contribution in [1.29, 1.82) is 0 Å². The van der Waals surface area contributed by atoms with Crippen molar-refractivity contribution >= 4 is 44.8 Å². The van der Waals surface area contributed by atoms with Gasteiger partial charge in [0.15, 0.2) is 0 Å². The summed E-state index contributed by atoms with van der Waals surface area (Å²) in [7, 11) is -1.48. The minimum absolute atomic E-state index is 0. The molecule has 0 fully saturated rings. The van der Waals surface area contributed by atoms with Gasteiger partial charge in [-0.25, -0.2) is 0 Å². The molecule has 0 spiro atoms. The molecule has 0 N–H and O–H groups in total. The molecule has 0 atom stereocenters. The first kappa shape index (κ1) is 30.0. The second-order valence-corrected chi connectivity index (χ2v) is 17.9. The number of hydrogen-bond donors (Lipinski definition) is 0. The van der Waals surface area contributed by atoms with E-state index in [4.69, 9.17) is 4.98 Å². The van der Waals surface area contributed by atoms with Gasteiger partial charge in [-0.3, -0.25) is 0 Å². The molecule has 40 heavy (non-hydrogen) atoms. The predicted octanol–water partition coefficient (Wildman–Crippen LogP) is 9.31. The number of nitrogens with zero attached hydrogens (tertiary/aromatic N) is 2. The standard InChI is InChI=1S/C24H26NSSi.C11H8N.Ir/c1-24(2,3)16-11-13-19(25-15-16)17-12-14-21(27(4,5)6)22-18-9-7-8-10-20(18)26-23(17)22;1-2-6-10(7-3-1)11-8-4-5-9-12-11;/h7-11,13-15H,1-6H3;1-6,8-9H;/q2*-1;. The molecule has 0 aliphatic rings. The van der Waals surface area contributed by atoms with Gasteiger partial charge in [-0.1, -0.05) is 88.3 Å². The molecule has 2 nitrogen and oxygen atoms in total. The monoisotopic (exact) mass is 735 g/mol. The van der Waals surface area contributed by atoms with Crippen molar-refractivity contribution in [3.63, 3.8) is 0 Å². The molecule has 3 aromatic heterocycles. The molecule has 0 saturated heterocycles. The smallest absolute Gasteiger partial charge is 0.0300 e. The van der Waals surface area contributed by atoms with Crippen molar-refractivity contribution in [2.45, 2.75) is 45.8 Å². The van der Waals surface area contributed by atoms with Crippen LogP contribution < -0.4 is 5.19 Å². The number of hydrogen-bond acceptors (Lipinski definition) is 3. The van der Waals surface area contributed by atoms with Crippen LogP contribution in [0, 0.1) is 12.1 Å². The van der Waals surface area contributed by atoms with E-state index >= 15 is 0 Å². The number of thiophene rings is 1. The van der Waals surface area contributed by atoms with Crippen molar-refractivity contribution in [3.8, 4) is 22.5 Å². The fraction of sp³-hybridized carbons (Fsp3) is 0.200. The molecule has 3 heterocycles. The van der Waals surface area contributed by atoms with Crippen LogP contribution in [0.1, 0.15) is 26.3 Å². The normalized spacial score (nSPS) is 11.6. The van der Waals surface area contributed by atoms with Crippen molar-refractivity contribution in [2.24, 2.45) is 0 Å². The van der Waals surface area contributed by atoms with E-state index < -0.39 is 8.07 Å². The van der Waals surface area contributed by atoms with Gasteiger partial charge in [-0.2, -0.15) is 11.3 Å². The van der Waals surface area contributed by atoms with Crippen LogP contribution in [0.4, 0.5) is 0 Å². The molecule has 0 aliphatic carbocycles. The van der Waals surface area contributed by atoms with Gasteiger partial charge in [-0.15, -0.1) is 58.8 Å². The number of aromatic nitrogens is 2. The average Bonchev–Trinajstić information content (AvgIpc) is 3.33. The Morgan fingerprint density at radius 1 is 0.775 bits per heavy atom. The Hall–Kier alpha value is -2.95. The summed E-state index contributed by atoms with van der Waals surface area (Å²) in [5.41, 5.74) is 5.54. The van der Waals surface area contributed by atoms with Gasteiger partial charge in [0.1, 0.15) is 0 Å². The second-order valence-electron chi connectivity index (χ2n) is 11.8. The molecule has 0 amide bonds. The van der Waals surface area contributed by atoms with Crippen LogP contribution in [0.5, 0.6) is 0 Å². The van der Waals surface area contributed by atoms with Crippen LogP contribution in [-0.4, -0.2) is 18.0 Å². The van der Waals surface area contributed by atoms with E-state index in [0.29, 0.717) is 0 Å². The van der Waals surface area contributed by atoms with Gasteiger partial charge in [0.05, 0.1) is 0 Å². The molecule has 1 radical (unpaired) electrons. The molecule has 3 aromatic carbocycles. The Kier molecular flexibility index (Phi) is 9.21.